The summed E-state index contributed by atoms with van der Waals surface area (Å²) < 4.78 is 0. The van der Waals surface area contributed by atoms with Crippen LogP contribution in [0.3, 0.4) is 0 Å². The Morgan fingerprint density at radius 2 is 1.50 bits per heavy atom. The molecule has 3 aromatic rings. The number of para-hydroxylation sites is 2. The molecule has 0 aromatic heterocycles. The maximum absolute atomic E-state index is 13.0. The molecule has 3 aromatic carbocycles. The van der Waals surface area contributed by atoms with Crippen molar-refractivity contribution in [3.05, 3.63) is 84.9 Å². The van der Waals surface area contributed by atoms with E-state index in [4.69, 9.17) is 0 Å². The summed E-state index contributed by atoms with van der Waals surface area (Å²) in [5.74, 6) is 0.137. The van der Waals surface area contributed by atoms with Gasteiger partial charge in [0.1, 0.15) is 5.54 Å². The molecular formula is C29H31N5O2. The molecule has 0 bridgehead atoms. The standard InChI is InChI=1S/C29H31N5O2/c35-27-29(34(21-30-27)23-11-5-2-6-12-23)15-17-32(18-16-29)24-19-33(20-24)28(36)31-26-14-8-7-13-25(26)22-9-3-1-4-10-22/h1-14,24H,15-21H2,(H,30,35)(H,31,36). The normalized spacial score (nSPS) is 19.7. The molecule has 0 radical (unpaired) electrons. The second kappa shape index (κ2) is 9.32. The van der Waals surface area contributed by atoms with Gasteiger partial charge < -0.3 is 20.4 Å². The number of likely N-dealkylation sites (tertiary alicyclic amines) is 2. The predicted octanol–water partition coefficient (Wildman–Crippen LogP) is 4.00. The highest BCUT2D eigenvalue weighted by Gasteiger charge is 2.51. The molecule has 0 atom stereocenters. The van der Waals surface area contributed by atoms with Crippen molar-refractivity contribution < 1.29 is 9.59 Å². The Hall–Kier alpha value is -3.84. The van der Waals surface area contributed by atoms with E-state index in [-0.39, 0.29) is 11.9 Å². The van der Waals surface area contributed by atoms with E-state index < -0.39 is 5.54 Å². The van der Waals surface area contributed by atoms with Crippen LogP contribution in [-0.2, 0) is 4.79 Å². The van der Waals surface area contributed by atoms with Gasteiger partial charge in [0, 0.05) is 43.5 Å². The zero-order valence-corrected chi connectivity index (χ0v) is 20.3. The van der Waals surface area contributed by atoms with Crippen LogP contribution < -0.4 is 15.5 Å². The van der Waals surface area contributed by atoms with Crippen LogP contribution in [0, 0.1) is 0 Å². The Bertz CT molecular complexity index is 1230. The minimum absolute atomic E-state index is 0.0615. The molecule has 7 nitrogen and oxygen atoms in total. The molecule has 36 heavy (non-hydrogen) atoms. The van der Waals surface area contributed by atoms with Crippen molar-refractivity contribution in [1.29, 1.82) is 0 Å². The Balaban J connectivity index is 1.06. The lowest BCUT2D eigenvalue weighted by Crippen LogP contribution is -2.65. The second-order valence-electron chi connectivity index (χ2n) is 9.90. The zero-order valence-electron chi connectivity index (χ0n) is 20.3. The molecule has 0 aliphatic carbocycles. The van der Waals surface area contributed by atoms with E-state index in [1.165, 1.54) is 0 Å². The quantitative estimate of drug-likeness (QED) is 0.591. The van der Waals surface area contributed by atoms with Gasteiger partial charge in [-0.1, -0.05) is 66.7 Å². The first-order chi connectivity index (χ1) is 17.6. The first-order valence-electron chi connectivity index (χ1n) is 12.7. The van der Waals surface area contributed by atoms with Crippen LogP contribution in [0.2, 0.25) is 0 Å². The van der Waals surface area contributed by atoms with Crippen LogP contribution in [0.1, 0.15) is 12.8 Å². The van der Waals surface area contributed by atoms with Crippen molar-refractivity contribution in [2.75, 3.05) is 43.1 Å². The van der Waals surface area contributed by atoms with Gasteiger partial charge in [-0.25, -0.2) is 4.79 Å². The average Bonchev–Trinajstić information content (AvgIpc) is 3.21. The fraction of sp³-hybridized carbons (Fsp3) is 0.310. The number of carbonyl (C=O) groups excluding carboxylic acids is 2. The minimum Gasteiger partial charge on any atom is -0.339 e. The molecule has 7 heteroatoms. The van der Waals surface area contributed by atoms with Crippen LogP contribution in [-0.4, -0.2) is 66.2 Å². The fourth-order valence-corrected chi connectivity index (χ4v) is 5.80. The topological polar surface area (TPSA) is 67.9 Å². The number of carbonyl (C=O) groups is 2. The summed E-state index contributed by atoms with van der Waals surface area (Å²) in [4.78, 5) is 32.4. The number of rotatable bonds is 4. The van der Waals surface area contributed by atoms with E-state index in [2.05, 4.69) is 44.7 Å². The summed E-state index contributed by atoms with van der Waals surface area (Å²) in [5, 5.41) is 6.18. The Kier molecular flexibility index (Phi) is 5.85. The molecule has 2 N–H and O–H groups in total. The molecule has 3 saturated heterocycles. The van der Waals surface area contributed by atoms with E-state index in [0.717, 1.165) is 48.4 Å². The van der Waals surface area contributed by atoms with E-state index in [0.29, 0.717) is 25.8 Å². The lowest BCUT2D eigenvalue weighted by atomic mass is 9.84. The van der Waals surface area contributed by atoms with Crippen molar-refractivity contribution in [1.82, 2.24) is 15.1 Å². The fourth-order valence-electron chi connectivity index (χ4n) is 5.80. The van der Waals surface area contributed by atoms with E-state index >= 15 is 0 Å². The van der Waals surface area contributed by atoms with Crippen LogP contribution in [0.25, 0.3) is 11.1 Å². The van der Waals surface area contributed by atoms with E-state index in [9.17, 15) is 9.59 Å². The third-order valence-electron chi connectivity index (χ3n) is 7.95. The second-order valence-corrected chi connectivity index (χ2v) is 9.90. The van der Waals surface area contributed by atoms with Crippen molar-refractivity contribution in [2.24, 2.45) is 0 Å². The first-order valence-corrected chi connectivity index (χ1v) is 12.7. The molecule has 0 unspecified atom stereocenters. The number of nitrogens with zero attached hydrogens (tertiary/aromatic N) is 3. The minimum atomic E-state index is -0.472. The highest BCUT2D eigenvalue weighted by Crippen LogP contribution is 2.37. The number of hydrogen-bond donors (Lipinski definition) is 2. The number of hydrogen-bond acceptors (Lipinski definition) is 4. The van der Waals surface area contributed by atoms with Crippen molar-refractivity contribution in [2.45, 2.75) is 24.4 Å². The average molecular weight is 482 g/mol. The van der Waals surface area contributed by atoms with Gasteiger partial charge in [0.2, 0.25) is 5.91 Å². The predicted molar refractivity (Wildman–Crippen MR) is 142 cm³/mol. The zero-order chi connectivity index (χ0) is 24.5. The highest BCUT2D eigenvalue weighted by molar-refractivity contribution is 5.95. The van der Waals surface area contributed by atoms with Gasteiger partial charge in [-0.05, 0) is 36.6 Å². The monoisotopic (exact) mass is 481 g/mol. The molecule has 6 rings (SSSR count). The van der Waals surface area contributed by atoms with Gasteiger partial charge in [0.05, 0.1) is 12.4 Å². The summed E-state index contributed by atoms with van der Waals surface area (Å²) in [5.41, 5.74) is 3.54. The maximum atomic E-state index is 13.0. The summed E-state index contributed by atoms with van der Waals surface area (Å²) in [7, 11) is 0. The lowest BCUT2D eigenvalue weighted by Gasteiger charge is -2.50. The Labute approximate surface area is 211 Å². The molecule has 3 aliphatic rings. The first kappa shape index (κ1) is 22.6. The molecule has 184 valence electrons. The van der Waals surface area contributed by atoms with Gasteiger partial charge in [0.25, 0.3) is 0 Å². The summed E-state index contributed by atoms with van der Waals surface area (Å²) in [6.07, 6.45) is 1.59. The molecule has 3 amide bonds. The van der Waals surface area contributed by atoms with Crippen LogP contribution in [0.15, 0.2) is 84.9 Å². The summed E-state index contributed by atoms with van der Waals surface area (Å²) in [6, 6.07) is 28.5. The van der Waals surface area contributed by atoms with Gasteiger partial charge in [-0.3, -0.25) is 9.69 Å². The van der Waals surface area contributed by atoms with Crippen molar-refractivity contribution in [3.63, 3.8) is 0 Å². The molecule has 1 spiro atoms. The van der Waals surface area contributed by atoms with Crippen LogP contribution in [0.4, 0.5) is 16.2 Å². The Morgan fingerprint density at radius 3 is 2.22 bits per heavy atom. The third-order valence-corrected chi connectivity index (χ3v) is 7.95. The lowest BCUT2D eigenvalue weighted by molar-refractivity contribution is -0.125. The van der Waals surface area contributed by atoms with Crippen LogP contribution in [0.5, 0.6) is 0 Å². The van der Waals surface area contributed by atoms with Crippen molar-refractivity contribution >= 4 is 23.3 Å². The number of nitrogens with one attached hydrogen (secondary N) is 2. The largest absolute Gasteiger partial charge is 0.339 e. The molecule has 3 heterocycles. The smallest absolute Gasteiger partial charge is 0.321 e. The third kappa shape index (κ3) is 3.99. The van der Waals surface area contributed by atoms with Crippen LogP contribution >= 0.6 is 0 Å². The SMILES string of the molecule is O=C(Nc1ccccc1-c1ccccc1)N1CC(N2CCC3(CC2)C(=O)NCN3c2ccccc2)C1. The number of benzene rings is 3. The Morgan fingerprint density at radius 1 is 0.861 bits per heavy atom. The number of urea groups is 1. The van der Waals surface area contributed by atoms with E-state index in [1.807, 2.05) is 65.6 Å². The molecular weight excluding hydrogens is 450 g/mol. The van der Waals surface area contributed by atoms with Gasteiger partial charge in [-0.15, -0.1) is 0 Å². The van der Waals surface area contributed by atoms with Crippen molar-refractivity contribution in [3.8, 4) is 11.1 Å². The highest BCUT2D eigenvalue weighted by atomic mass is 16.2. The van der Waals surface area contributed by atoms with Gasteiger partial charge in [-0.2, -0.15) is 0 Å². The summed E-state index contributed by atoms with van der Waals surface area (Å²) in [6.45, 7) is 3.69. The van der Waals surface area contributed by atoms with E-state index in [1.54, 1.807) is 0 Å². The maximum Gasteiger partial charge on any atom is 0.321 e. The molecule has 3 aliphatic heterocycles. The summed E-state index contributed by atoms with van der Waals surface area (Å²) >= 11 is 0. The molecule has 0 saturated carbocycles. The number of piperidine rings is 1. The number of amides is 3. The molecule has 3 fully saturated rings. The van der Waals surface area contributed by atoms with Gasteiger partial charge >= 0.3 is 6.03 Å². The number of anilines is 2. The van der Waals surface area contributed by atoms with Gasteiger partial charge in [0.15, 0.2) is 0 Å².